The van der Waals surface area contributed by atoms with Crippen LogP contribution in [0.3, 0.4) is 0 Å². The number of benzene rings is 2. The van der Waals surface area contributed by atoms with Crippen molar-refractivity contribution in [2.24, 2.45) is 5.92 Å². The van der Waals surface area contributed by atoms with E-state index in [2.05, 4.69) is 16.8 Å². The average molecular weight is 381 g/mol. The summed E-state index contributed by atoms with van der Waals surface area (Å²) >= 11 is 0. The number of nitrogens with one attached hydrogen (secondary N) is 1. The van der Waals surface area contributed by atoms with E-state index in [1.807, 2.05) is 42.5 Å². The summed E-state index contributed by atoms with van der Waals surface area (Å²) < 4.78 is 20.0. The van der Waals surface area contributed by atoms with Crippen LogP contribution in [0.4, 0.5) is 15.8 Å². The Labute approximate surface area is 163 Å². The van der Waals surface area contributed by atoms with E-state index >= 15 is 0 Å². The topological polar surface area (TPSA) is 69.3 Å². The molecule has 0 aliphatic heterocycles. The highest BCUT2D eigenvalue weighted by Gasteiger charge is 2.29. The third-order valence-corrected chi connectivity index (χ3v) is 5.11. The van der Waals surface area contributed by atoms with Gasteiger partial charge in [-0.05, 0) is 44.0 Å². The predicted octanol–water partition coefficient (Wildman–Crippen LogP) is 4.61. The van der Waals surface area contributed by atoms with E-state index in [1.165, 1.54) is 0 Å². The van der Waals surface area contributed by atoms with Gasteiger partial charge in [0.1, 0.15) is 19.0 Å². The van der Waals surface area contributed by atoms with E-state index in [9.17, 15) is 9.18 Å². The molecule has 28 heavy (non-hydrogen) atoms. The van der Waals surface area contributed by atoms with Crippen LogP contribution in [0.5, 0.6) is 5.75 Å². The maximum Gasteiger partial charge on any atom is 0.227 e. The maximum atomic E-state index is 12.4. The molecule has 2 aromatic carbocycles. The molecule has 6 heteroatoms. The molecule has 1 aliphatic rings. The number of rotatable bonds is 7. The quantitative estimate of drug-likeness (QED) is 0.628. The first-order chi connectivity index (χ1) is 13.6. The number of hydrogen-bond acceptors (Lipinski definition) is 3. The van der Waals surface area contributed by atoms with Gasteiger partial charge in [-0.25, -0.2) is 4.39 Å². The number of amides is 1. The highest BCUT2D eigenvalue weighted by Crippen LogP contribution is 2.38. The molecule has 1 aromatic heterocycles. The van der Waals surface area contributed by atoms with E-state index in [0.29, 0.717) is 11.4 Å². The average Bonchev–Trinajstić information content (AvgIpc) is 3.52. The van der Waals surface area contributed by atoms with Crippen LogP contribution in [0.2, 0.25) is 0 Å². The van der Waals surface area contributed by atoms with Gasteiger partial charge in [-0.3, -0.25) is 4.79 Å². The van der Waals surface area contributed by atoms with Crippen molar-refractivity contribution >= 4 is 28.2 Å². The van der Waals surface area contributed by atoms with Crippen molar-refractivity contribution in [2.75, 3.05) is 24.3 Å². The molecule has 3 N–H and O–H groups in total. The molecule has 1 heterocycles. The van der Waals surface area contributed by atoms with Gasteiger partial charge in [0, 0.05) is 35.2 Å². The molecule has 5 nitrogen and oxygen atoms in total. The number of carbonyl (C=O) groups is 1. The van der Waals surface area contributed by atoms with Crippen molar-refractivity contribution in [1.82, 2.24) is 4.57 Å². The summed E-state index contributed by atoms with van der Waals surface area (Å²) in [6, 6.07) is 13.4. The fourth-order valence-electron chi connectivity index (χ4n) is 3.54. The summed E-state index contributed by atoms with van der Waals surface area (Å²) in [6.07, 6.45) is 1.96. The van der Waals surface area contributed by atoms with Crippen LogP contribution in [0.15, 0.2) is 42.5 Å². The second-order valence-corrected chi connectivity index (χ2v) is 7.06. The summed E-state index contributed by atoms with van der Waals surface area (Å²) in [7, 11) is 0. The number of nitrogens with two attached hydrogens (primary N) is 1. The van der Waals surface area contributed by atoms with Gasteiger partial charge in [0.2, 0.25) is 5.91 Å². The van der Waals surface area contributed by atoms with Gasteiger partial charge in [0.05, 0.1) is 16.9 Å². The number of alkyl halides is 1. The molecule has 3 aromatic rings. The van der Waals surface area contributed by atoms with Crippen LogP contribution in [0.1, 0.15) is 19.8 Å². The lowest BCUT2D eigenvalue weighted by atomic mass is 10.1. The number of carbonyl (C=O) groups excluding carboxylic acids is 1. The molecule has 4 rings (SSSR count). The monoisotopic (exact) mass is 381 g/mol. The minimum atomic E-state index is -0.524. The van der Waals surface area contributed by atoms with Crippen molar-refractivity contribution in [1.29, 1.82) is 0 Å². The lowest BCUT2D eigenvalue weighted by Gasteiger charge is -2.11. The summed E-state index contributed by atoms with van der Waals surface area (Å²) in [5.41, 5.74) is 10.8. The van der Waals surface area contributed by atoms with Gasteiger partial charge in [-0.15, -0.1) is 0 Å². The fourth-order valence-corrected chi connectivity index (χ4v) is 3.54. The summed E-state index contributed by atoms with van der Waals surface area (Å²) in [4.78, 5) is 11.9. The van der Waals surface area contributed by atoms with Crippen molar-refractivity contribution in [3.63, 3.8) is 0 Å². The van der Waals surface area contributed by atoms with Crippen LogP contribution in [-0.2, 0) is 11.3 Å². The zero-order valence-corrected chi connectivity index (χ0v) is 15.9. The van der Waals surface area contributed by atoms with Crippen LogP contribution in [-0.4, -0.2) is 23.8 Å². The number of fused-ring (bicyclic) bond motifs is 1. The summed E-state index contributed by atoms with van der Waals surface area (Å²) in [6.45, 7) is 2.30. The maximum absolute atomic E-state index is 12.4. The van der Waals surface area contributed by atoms with Crippen LogP contribution >= 0.6 is 0 Å². The van der Waals surface area contributed by atoms with Crippen LogP contribution < -0.4 is 15.8 Å². The third kappa shape index (κ3) is 3.42. The van der Waals surface area contributed by atoms with Crippen LogP contribution in [0.25, 0.3) is 22.2 Å². The lowest BCUT2D eigenvalue weighted by Crippen LogP contribution is -2.13. The lowest BCUT2D eigenvalue weighted by molar-refractivity contribution is -0.117. The summed E-state index contributed by atoms with van der Waals surface area (Å²) in [5.74, 6) is 0.893. The van der Waals surface area contributed by atoms with Gasteiger partial charge < -0.3 is 20.4 Å². The van der Waals surface area contributed by atoms with Crippen molar-refractivity contribution < 1.29 is 13.9 Å². The van der Waals surface area contributed by atoms with E-state index < -0.39 is 6.67 Å². The van der Waals surface area contributed by atoms with Gasteiger partial charge in [-0.1, -0.05) is 12.1 Å². The Morgan fingerprint density at radius 3 is 2.64 bits per heavy atom. The predicted molar refractivity (Wildman–Crippen MR) is 110 cm³/mol. The molecule has 0 bridgehead atoms. The second-order valence-electron chi connectivity index (χ2n) is 7.06. The normalized spacial score (nSPS) is 13.6. The van der Waals surface area contributed by atoms with Crippen LogP contribution in [0, 0.1) is 5.92 Å². The molecule has 1 saturated carbocycles. The molecule has 0 radical (unpaired) electrons. The van der Waals surface area contributed by atoms with E-state index in [-0.39, 0.29) is 18.4 Å². The first-order valence-corrected chi connectivity index (χ1v) is 9.64. The molecule has 0 atom stereocenters. The minimum Gasteiger partial charge on any atom is -0.491 e. The Morgan fingerprint density at radius 1 is 1.25 bits per heavy atom. The van der Waals surface area contributed by atoms with Gasteiger partial charge >= 0.3 is 0 Å². The smallest absolute Gasteiger partial charge is 0.227 e. The fraction of sp³-hybridized carbons (Fsp3) is 0.318. The zero-order chi connectivity index (χ0) is 19.7. The molecule has 0 unspecified atom stereocenters. The zero-order valence-electron chi connectivity index (χ0n) is 15.9. The Kier molecular flexibility index (Phi) is 4.94. The number of aryl methyl sites for hydroxylation is 1. The Balaban J connectivity index is 1.68. The Bertz CT molecular complexity index is 1010. The molecule has 1 aliphatic carbocycles. The number of ether oxygens (including phenoxy) is 1. The third-order valence-electron chi connectivity index (χ3n) is 5.11. The molecule has 0 spiro atoms. The number of hydrogen-bond donors (Lipinski definition) is 2. The second kappa shape index (κ2) is 7.54. The van der Waals surface area contributed by atoms with Gasteiger partial charge in [0.25, 0.3) is 0 Å². The van der Waals surface area contributed by atoms with Crippen molar-refractivity contribution in [2.45, 2.75) is 26.3 Å². The van der Waals surface area contributed by atoms with E-state index in [0.717, 1.165) is 47.2 Å². The number of nitrogen functional groups attached to an aromatic ring is 1. The molecule has 1 fully saturated rings. The highest BCUT2D eigenvalue weighted by atomic mass is 19.1. The first kappa shape index (κ1) is 18.3. The Morgan fingerprint density at radius 2 is 2.00 bits per heavy atom. The van der Waals surface area contributed by atoms with Crippen molar-refractivity contribution in [3.05, 3.63) is 42.5 Å². The highest BCUT2D eigenvalue weighted by molar-refractivity contribution is 6.01. The number of aromatic nitrogens is 1. The summed E-state index contributed by atoms with van der Waals surface area (Å²) in [5, 5.41) is 3.90. The SMILES string of the molecule is CCn1c(-c2ccc(NC(=O)C3CC3)cc2)c(N)c2ccc(OCCF)cc21. The molecule has 0 saturated heterocycles. The van der Waals surface area contributed by atoms with Gasteiger partial charge in [-0.2, -0.15) is 0 Å². The number of halogens is 1. The molecule has 1 amide bonds. The molecular formula is C22H24FN3O2. The minimum absolute atomic E-state index is 0.0364. The van der Waals surface area contributed by atoms with Gasteiger partial charge in [0.15, 0.2) is 0 Å². The van der Waals surface area contributed by atoms with Crippen molar-refractivity contribution in [3.8, 4) is 17.0 Å². The standard InChI is InChI=1S/C22H24FN3O2/c1-2-26-19-13-17(28-12-11-23)9-10-18(19)20(24)21(26)14-5-7-16(8-6-14)25-22(27)15-3-4-15/h5-10,13,15H,2-4,11-12,24H2,1H3,(H,25,27). The largest absolute Gasteiger partial charge is 0.491 e. The number of nitrogens with zero attached hydrogens (tertiary/aromatic N) is 1. The number of anilines is 2. The molecular weight excluding hydrogens is 357 g/mol. The molecule has 146 valence electrons. The first-order valence-electron chi connectivity index (χ1n) is 9.64. The van der Waals surface area contributed by atoms with E-state index in [4.69, 9.17) is 10.5 Å². The Hall–Kier alpha value is -3.02. The van der Waals surface area contributed by atoms with E-state index in [1.54, 1.807) is 0 Å².